The van der Waals surface area contributed by atoms with Gasteiger partial charge in [-0.25, -0.2) is 8.42 Å². The van der Waals surface area contributed by atoms with Crippen molar-refractivity contribution >= 4 is 22.0 Å². The number of amides is 1. The van der Waals surface area contributed by atoms with E-state index in [4.69, 9.17) is 4.74 Å². The van der Waals surface area contributed by atoms with Gasteiger partial charge in [0.1, 0.15) is 18.5 Å². The van der Waals surface area contributed by atoms with E-state index in [1.165, 1.54) is 9.71 Å². The van der Waals surface area contributed by atoms with E-state index in [1.807, 2.05) is 48.5 Å². The van der Waals surface area contributed by atoms with Gasteiger partial charge >= 0.3 is 0 Å². The summed E-state index contributed by atoms with van der Waals surface area (Å²) in [7, 11) is -3.53. The van der Waals surface area contributed by atoms with E-state index in [0.717, 1.165) is 5.56 Å². The number of nitrogens with one attached hydrogen (secondary N) is 1. The van der Waals surface area contributed by atoms with Crippen molar-refractivity contribution in [1.29, 1.82) is 0 Å². The van der Waals surface area contributed by atoms with Crippen molar-refractivity contribution in [3.05, 3.63) is 71.6 Å². The maximum atomic E-state index is 12.5. The van der Waals surface area contributed by atoms with Crippen LogP contribution in [0.1, 0.15) is 18.4 Å². The van der Waals surface area contributed by atoms with Crippen LogP contribution in [0.3, 0.4) is 0 Å². The molecule has 1 atom stereocenters. The number of carbonyl (C=O) groups is 1. The van der Waals surface area contributed by atoms with Crippen LogP contribution >= 0.6 is 0 Å². The number of benzene rings is 2. The fourth-order valence-electron chi connectivity index (χ4n) is 3.32. The van der Waals surface area contributed by atoms with Crippen molar-refractivity contribution in [2.45, 2.75) is 18.9 Å². The number of carbonyl (C=O) groups excluding carboxylic acids is 1. The molecule has 1 saturated heterocycles. The minimum absolute atomic E-state index is 0.0781. The first-order valence-electron chi connectivity index (χ1n) is 10.3. The Kier molecular flexibility index (Phi) is 8.22. The minimum atomic E-state index is -3.53. The zero-order chi connectivity index (χ0) is 22.1. The maximum absolute atomic E-state index is 12.5. The van der Waals surface area contributed by atoms with E-state index in [0.29, 0.717) is 31.7 Å². The second-order valence-electron chi connectivity index (χ2n) is 7.45. The van der Waals surface area contributed by atoms with Crippen LogP contribution in [0.15, 0.2) is 66.1 Å². The number of hydrogen-bond donors (Lipinski definition) is 2. The van der Waals surface area contributed by atoms with Gasteiger partial charge in [-0.2, -0.15) is 4.31 Å². The molecule has 31 heavy (non-hydrogen) atoms. The second-order valence-corrected chi connectivity index (χ2v) is 9.27. The highest BCUT2D eigenvalue weighted by atomic mass is 32.2. The van der Waals surface area contributed by atoms with Gasteiger partial charge in [-0.15, -0.1) is 0 Å². The third-order valence-corrected chi connectivity index (χ3v) is 6.68. The van der Waals surface area contributed by atoms with E-state index in [1.54, 1.807) is 18.2 Å². The average Bonchev–Trinajstić information content (AvgIpc) is 2.81. The number of aliphatic hydroxyl groups excluding tert-OH is 1. The summed E-state index contributed by atoms with van der Waals surface area (Å²) in [4.78, 5) is 12.4. The summed E-state index contributed by atoms with van der Waals surface area (Å²) in [6, 6.07) is 18.4. The molecule has 166 valence electrons. The Balaban J connectivity index is 1.40. The molecule has 0 bridgehead atoms. The van der Waals surface area contributed by atoms with Crippen molar-refractivity contribution in [2.75, 3.05) is 26.2 Å². The Morgan fingerprint density at radius 1 is 1.10 bits per heavy atom. The summed E-state index contributed by atoms with van der Waals surface area (Å²) in [5, 5.41) is 14.0. The van der Waals surface area contributed by atoms with Crippen molar-refractivity contribution in [2.24, 2.45) is 5.92 Å². The SMILES string of the molecule is O=C(NCC(O)COc1ccccc1)C1CCN(S(=O)(=O)/C=C/c2ccccc2)CC1. The fourth-order valence-corrected chi connectivity index (χ4v) is 4.54. The molecule has 1 fully saturated rings. The van der Waals surface area contributed by atoms with Crippen LogP contribution in [0, 0.1) is 5.92 Å². The Morgan fingerprint density at radius 2 is 1.71 bits per heavy atom. The second kappa shape index (κ2) is 11.1. The van der Waals surface area contributed by atoms with Gasteiger partial charge in [0.05, 0.1) is 0 Å². The summed E-state index contributed by atoms with van der Waals surface area (Å²) < 4.78 is 31.9. The van der Waals surface area contributed by atoms with Crippen molar-refractivity contribution in [3.8, 4) is 5.75 Å². The lowest BCUT2D eigenvalue weighted by molar-refractivity contribution is -0.126. The molecule has 2 N–H and O–H groups in total. The lowest BCUT2D eigenvalue weighted by atomic mass is 9.97. The van der Waals surface area contributed by atoms with Gasteiger partial charge in [-0.3, -0.25) is 4.79 Å². The molecular formula is C23H28N2O5S. The molecule has 1 amide bonds. The van der Waals surface area contributed by atoms with E-state index >= 15 is 0 Å². The maximum Gasteiger partial charge on any atom is 0.236 e. The Bertz CT molecular complexity index is 956. The average molecular weight is 445 g/mol. The molecule has 0 spiro atoms. The molecule has 8 heteroatoms. The van der Waals surface area contributed by atoms with Crippen molar-refractivity contribution in [3.63, 3.8) is 0 Å². The Morgan fingerprint density at radius 3 is 2.35 bits per heavy atom. The summed E-state index contributed by atoms with van der Waals surface area (Å²) in [6.07, 6.45) is 1.64. The topological polar surface area (TPSA) is 95.9 Å². The first kappa shape index (κ1) is 23.0. The molecule has 0 radical (unpaired) electrons. The van der Waals surface area contributed by atoms with E-state index in [9.17, 15) is 18.3 Å². The number of hydrogen-bond acceptors (Lipinski definition) is 5. The number of aliphatic hydroxyl groups is 1. The molecule has 0 aromatic heterocycles. The predicted octanol–water partition coefficient (Wildman–Crippen LogP) is 2.26. The molecule has 1 heterocycles. The Hall–Kier alpha value is -2.68. The smallest absolute Gasteiger partial charge is 0.236 e. The minimum Gasteiger partial charge on any atom is -0.491 e. The van der Waals surface area contributed by atoms with Crippen LogP contribution in [0.4, 0.5) is 0 Å². The number of sulfonamides is 1. The molecule has 0 aliphatic carbocycles. The Labute approximate surface area is 183 Å². The summed E-state index contributed by atoms with van der Waals surface area (Å²) >= 11 is 0. The van der Waals surface area contributed by atoms with Crippen LogP contribution in [-0.4, -0.2) is 56.1 Å². The van der Waals surface area contributed by atoms with Gasteiger partial charge in [0.2, 0.25) is 15.9 Å². The standard InChI is InChI=1S/C23H28N2O5S/c26-21(18-30-22-9-5-2-6-10-22)17-24-23(27)20-11-14-25(15-12-20)31(28,29)16-13-19-7-3-1-4-8-19/h1-10,13,16,20-21,26H,11-12,14-15,17-18H2,(H,24,27)/b16-13+. The summed E-state index contributed by atoms with van der Waals surface area (Å²) in [6.45, 7) is 0.747. The van der Waals surface area contributed by atoms with Gasteiger partial charge in [-0.1, -0.05) is 48.5 Å². The monoisotopic (exact) mass is 444 g/mol. The van der Waals surface area contributed by atoms with E-state index in [2.05, 4.69) is 5.32 Å². The fraction of sp³-hybridized carbons (Fsp3) is 0.348. The molecule has 0 saturated carbocycles. The third kappa shape index (κ3) is 7.20. The highest BCUT2D eigenvalue weighted by Gasteiger charge is 2.30. The largest absolute Gasteiger partial charge is 0.491 e. The van der Waals surface area contributed by atoms with Crippen molar-refractivity contribution in [1.82, 2.24) is 9.62 Å². The molecule has 1 aliphatic rings. The molecular weight excluding hydrogens is 416 g/mol. The molecule has 7 nitrogen and oxygen atoms in total. The van der Waals surface area contributed by atoms with Gasteiger partial charge in [0.15, 0.2) is 0 Å². The van der Waals surface area contributed by atoms with Crippen LogP contribution in [0.2, 0.25) is 0 Å². The predicted molar refractivity (Wildman–Crippen MR) is 120 cm³/mol. The zero-order valence-corrected chi connectivity index (χ0v) is 18.1. The number of nitrogens with zero attached hydrogens (tertiary/aromatic N) is 1. The first-order valence-corrected chi connectivity index (χ1v) is 11.8. The summed E-state index contributed by atoms with van der Waals surface area (Å²) in [5.41, 5.74) is 0.815. The van der Waals surface area contributed by atoms with Crippen LogP contribution in [0.25, 0.3) is 6.08 Å². The molecule has 3 rings (SSSR count). The van der Waals surface area contributed by atoms with E-state index in [-0.39, 0.29) is 25.0 Å². The molecule has 1 aliphatic heterocycles. The van der Waals surface area contributed by atoms with Gasteiger partial charge < -0.3 is 15.2 Å². The third-order valence-electron chi connectivity index (χ3n) is 5.11. The quantitative estimate of drug-likeness (QED) is 0.619. The van der Waals surface area contributed by atoms with Gasteiger partial charge in [0, 0.05) is 31.0 Å². The number of piperidine rings is 1. The van der Waals surface area contributed by atoms with Crippen LogP contribution in [0.5, 0.6) is 5.75 Å². The molecule has 2 aromatic carbocycles. The normalized spacial score (nSPS) is 16.8. The lowest BCUT2D eigenvalue weighted by Gasteiger charge is -2.29. The number of rotatable bonds is 9. The van der Waals surface area contributed by atoms with Crippen molar-refractivity contribution < 1.29 is 23.1 Å². The van der Waals surface area contributed by atoms with Gasteiger partial charge in [0.25, 0.3) is 0 Å². The van der Waals surface area contributed by atoms with Gasteiger partial charge in [-0.05, 0) is 36.6 Å². The zero-order valence-electron chi connectivity index (χ0n) is 17.3. The number of para-hydroxylation sites is 1. The molecule has 2 aromatic rings. The van der Waals surface area contributed by atoms with E-state index < -0.39 is 16.1 Å². The highest BCUT2D eigenvalue weighted by Crippen LogP contribution is 2.21. The first-order chi connectivity index (χ1) is 14.9. The molecule has 1 unspecified atom stereocenters. The number of ether oxygens (including phenoxy) is 1. The highest BCUT2D eigenvalue weighted by molar-refractivity contribution is 7.92. The lowest BCUT2D eigenvalue weighted by Crippen LogP contribution is -2.44. The van der Waals surface area contributed by atoms with Crippen LogP contribution < -0.4 is 10.1 Å². The summed E-state index contributed by atoms with van der Waals surface area (Å²) in [5.74, 6) is 0.213. The van der Waals surface area contributed by atoms with Crippen LogP contribution in [-0.2, 0) is 14.8 Å².